The fourth-order valence-corrected chi connectivity index (χ4v) is 1.08. The molecule has 0 aliphatic rings. The Labute approximate surface area is 86.6 Å². The molecule has 2 nitrogen and oxygen atoms in total. The second-order valence-electron chi connectivity index (χ2n) is 3.62. The first kappa shape index (κ1) is 12.9. The van der Waals surface area contributed by atoms with Crippen LogP contribution < -0.4 is 0 Å². The molecular formula is C12H19NO. The summed E-state index contributed by atoms with van der Waals surface area (Å²) >= 11 is 0. The fraction of sp³-hybridized carbons (Fsp3) is 0.583. The highest BCUT2D eigenvalue weighted by Gasteiger charge is 2.04. The van der Waals surface area contributed by atoms with Crippen LogP contribution in [0.15, 0.2) is 24.3 Å². The van der Waals surface area contributed by atoms with E-state index in [0.29, 0.717) is 5.92 Å². The smallest absolute Gasteiger partial charge is 0.0877 e. The molecular weight excluding hydrogens is 174 g/mol. The summed E-state index contributed by atoms with van der Waals surface area (Å²) < 4.78 is 0. The minimum atomic E-state index is -0.598. The Bertz CT molecular complexity index is 237. The van der Waals surface area contributed by atoms with Crippen molar-refractivity contribution in [3.63, 3.8) is 0 Å². The van der Waals surface area contributed by atoms with E-state index in [4.69, 9.17) is 5.26 Å². The first-order chi connectivity index (χ1) is 6.61. The minimum absolute atomic E-state index is 0.180. The normalized spacial score (nSPS) is 15.7. The van der Waals surface area contributed by atoms with Gasteiger partial charge in [-0.25, -0.2) is 0 Å². The Morgan fingerprint density at radius 2 is 2.29 bits per heavy atom. The van der Waals surface area contributed by atoms with E-state index in [1.165, 1.54) is 0 Å². The molecule has 0 aliphatic carbocycles. The van der Waals surface area contributed by atoms with Crippen molar-refractivity contribution in [2.24, 2.45) is 5.92 Å². The van der Waals surface area contributed by atoms with Gasteiger partial charge in [0.05, 0.1) is 18.6 Å². The monoisotopic (exact) mass is 193 g/mol. The largest absolute Gasteiger partial charge is 0.388 e. The summed E-state index contributed by atoms with van der Waals surface area (Å²) in [7, 11) is 0. The van der Waals surface area contributed by atoms with Gasteiger partial charge in [0.15, 0.2) is 0 Å². The topological polar surface area (TPSA) is 44.0 Å². The molecule has 0 spiro atoms. The van der Waals surface area contributed by atoms with Crippen molar-refractivity contribution in [1.29, 1.82) is 5.26 Å². The molecule has 0 saturated carbocycles. The Morgan fingerprint density at radius 1 is 1.64 bits per heavy atom. The number of rotatable bonds is 6. The number of nitriles is 1. The van der Waals surface area contributed by atoms with E-state index < -0.39 is 6.10 Å². The minimum Gasteiger partial charge on any atom is -0.388 e. The summed E-state index contributed by atoms with van der Waals surface area (Å²) in [6.07, 6.45) is 5.48. The standard InChI is InChI=1S/C12H19NO/c1-4-10(2)6-5-7-11(3)12(14)8-9-13/h4,7,10,12,14H,1,5-6,8H2,2-3H3/b11-7+/t10-,12-/m0/s1. The number of hydrogen-bond donors (Lipinski definition) is 1. The van der Waals surface area contributed by atoms with Crippen LogP contribution in [0.4, 0.5) is 0 Å². The van der Waals surface area contributed by atoms with Crippen LogP contribution >= 0.6 is 0 Å². The third-order valence-corrected chi connectivity index (χ3v) is 2.30. The highest BCUT2D eigenvalue weighted by molar-refractivity contribution is 5.06. The maximum absolute atomic E-state index is 9.43. The molecule has 0 amide bonds. The zero-order valence-electron chi connectivity index (χ0n) is 9.03. The zero-order chi connectivity index (χ0) is 11.0. The van der Waals surface area contributed by atoms with E-state index in [0.717, 1.165) is 18.4 Å². The van der Waals surface area contributed by atoms with E-state index >= 15 is 0 Å². The quantitative estimate of drug-likeness (QED) is 0.659. The second-order valence-corrected chi connectivity index (χ2v) is 3.62. The van der Waals surface area contributed by atoms with Crippen molar-refractivity contribution >= 4 is 0 Å². The van der Waals surface area contributed by atoms with E-state index in [1.807, 2.05) is 25.1 Å². The molecule has 2 atom stereocenters. The Hall–Kier alpha value is -1.07. The highest BCUT2D eigenvalue weighted by Crippen LogP contribution is 2.11. The van der Waals surface area contributed by atoms with Crippen LogP contribution in [-0.2, 0) is 0 Å². The first-order valence-electron chi connectivity index (χ1n) is 4.96. The van der Waals surface area contributed by atoms with Gasteiger partial charge in [0.1, 0.15) is 0 Å². The molecule has 0 fully saturated rings. The van der Waals surface area contributed by atoms with Gasteiger partial charge in [-0.15, -0.1) is 6.58 Å². The van der Waals surface area contributed by atoms with Crippen molar-refractivity contribution in [1.82, 2.24) is 0 Å². The number of allylic oxidation sites excluding steroid dienone is 2. The average Bonchev–Trinajstić information content (AvgIpc) is 2.17. The summed E-state index contributed by atoms with van der Waals surface area (Å²) in [5.74, 6) is 0.507. The third kappa shape index (κ3) is 5.55. The number of nitrogens with zero attached hydrogens (tertiary/aromatic N) is 1. The number of hydrogen-bond acceptors (Lipinski definition) is 2. The first-order valence-corrected chi connectivity index (χ1v) is 4.96. The molecule has 14 heavy (non-hydrogen) atoms. The average molecular weight is 193 g/mol. The zero-order valence-corrected chi connectivity index (χ0v) is 9.03. The predicted octanol–water partition coefficient (Wildman–Crippen LogP) is 2.81. The molecule has 2 heteroatoms. The highest BCUT2D eigenvalue weighted by atomic mass is 16.3. The summed E-state index contributed by atoms with van der Waals surface area (Å²) in [5.41, 5.74) is 0.891. The van der Waals surface area contributed by atoms with Crippen molar-refractivity contribution in [3.05, 3.63) is 24.3 Å². The lowest BCUT2D eigenvalue weighted by molar-refractivity contribution is 0.215. The summed E-state index contributed by atoms with van der Waals surface area (Å²) in [6.45, 7) is 7.68. The SMILES string of the molecule is C=C[C@H](C)CC/C=C(\C)[C@@H](O)CC#N. The Kier molecular flexibility index (Phi) is 6.78. The van der Waals surface area contributed by atoms with E-state index in [-0.39, 0.29) is 6.42 Å². The summed E-state index contributed by atoms with van der Waals surface area (Å²) in [5, 5.41) is 17.8. The van der Waals surface area contributed by atoms with Crippen LogP contribution in [0.25, 0.3) is 0 Å². The summed E-state index contributed by atoms with van der Waals surface area (Å²) in [6, 6.07) is 1.95. The molecule has 0 radical (unpaired) electrons. The van der Waals surface area contributed by atoms with Gasteiger partial charge >= 0.3 is 0 Å². The lowest BCUT2D eigenvalue weighted by atomic mass is 10.0. The van der Waals surface area contributed by atoms with E-state index in [9.17, 15) is 5.11 Å². The van der Waals surface area contributed by atoms with E-state index in [2.05, 4.69) is 13.5 Å². The Morgan fingerprint density at radius 3 is 2.79 bits per heavy atom. The van der Waals surface area contributed by atoms with Crippen LogP contribution in [0.5, 0.6) is 0 Å². The lowest BCUT2D eigenvalue weighted by Gasteiger charge is -2.07. The van der Waals surface area contributed by atoms with Gasteiger partial charge in [-0.3, -0.25) is 0 Å². The number of aliphatic hydroxyl groups excluding tert-OH is 1. The molecule has 0 aliphatic heterocycles. The summed E-state index contributed by atoms with van der Waals surface area (Å²) in [4.78, 5) is 0. The molecule has 0 bridgehead atoms. The molecule has 0 aromatic rings. The van der Waals surface area contributed by atoms with Gasteiger partial charge in [-0.1, -0.05) is 19.1 Å². The molecule has 0 aromatic heterocycles. The lowest BCUT2D eigenvalue weighted by Crippen LogP contribution is -2.06. The van der Waals surface area contributed by atoms with Gasteiger partial charge < -0.3 is 5.11 Å². The molecule has 0 unspecified atom stereocenters. The maximum Gasteiger partial charge on any atom is 0.0877 e. The number of aliphatic hydroxyl groups is 1. The Balaban J connectivity index is 3.88. The van der Waals surface area contributed by atoms with Crippen LogP contribution in [0.3, 0.4) is 0 Å². The van der Waals surface area contributed by atoms with E-state index in [1.54, 1.807) is 0 Å². The predicted molar refractivity (Wildman–Crippen MR) is 58.6 cm³/mol. The van der Waals surface area contributed by atoms with Gasteiger partial charge in [0, 0.05) is 0 Å². The van der Waals surface area contributed by atoms with Gasteiger partial charge in [0.2, 0.25) is 0 Å². The van der Waals surface area contributed by atoms with Gasteiger partial charge in [-0.2, -0.15) is 5.26 Å². The molecule has 78 valence electrons. The molecule has 0 aromatic carbocycles. The van der Waals surface area contributed by atoms with Crippen molar-refractivity contribution in [2.45, 2.75) is 39.2 Å². The fourth-order valence-electron chi connectivity index (χ4n) is 1.08. The van der Waals surface area contributed by atoms with Crippen molar-refractivity contribution in [2.75, 3.05) is 0 Å². The molecule has 0 rings (SSSR count). The van der Waals surface area contributed by atoms with Gasteiger partial charge in [-0.05, 0) is 31.3 Å². The maximum atomic E-state index is 9.43. The molecule has 0 heterocycles. The van der Waals surface area contributed by atoms with Crippen molar-refractivity contribution < 1.29 is 5.11 Å². The third-order valence-electron chi connectivity index (χ3n) is 2.30. The van der Waals surface area contributed by atoms with Crippen LogP contribution in [0.2, 0.25) is 0 Å². The van der Waals surface area contributed by atoms with Crippen molar-refractivity contribution in [3.8, 4) is 6.07 Å². The van der Waals surface area contributed by atoms with Crippen LogP contribution in [0.1, 0.15) is 33.1 Å². The van der Waals surface area contributed by atoms with Gasteiger partial charge in [0.25, 0.3) is 0 Å². The second kappa shape index (κ2) is 7.34. The van der Waals surface area contributed by atoms with Crippen LogP contribution in [-0.4, -0.2) is 11.2 Å². The molecule has 1 N–H and O–H groups in total. The molecule has 0 saturated heterocycles. The van der Waals surface area contributed by atoms with Crippen LogP contribution in [0, 0.1) is 17.2 Å².